The standard InChI is InChI=1S/C11H14ClNO3S/c12-9-3-1-8(2-4-9)5-13-10-6-17(15,16)7-11(10)14/h1-4,10-11,13-14H,5-7H2/t10-,11-/m1/s1. The Morgan fingerprint density at radius 2 is 1.94 bits per heavy atom. The number of sulfone groups is 1. The van der Waals surface area contributed by atoms with Gasteiger partial charge in [0.1, 0.15) is 0 Å². The van der Waals surface area contributed by atoms with Gasteiger partial charge in [0.05, 0.1) is 17.6 Å². The zero-order chi connectivity index (χ0) is 12.5. The van der Waals surface area contributed by atoms with Crippen molar-refractivity contribution >= 4 is 21.4 Å². The molecule has 0 aromatic heterocycles. The van der Waals surface area contributed by atoms with E-state index in [1.165, 1.54) is 0 Å². The van der Waals surface area contributed by atoms with E-state index in [9.17, 15) is 13.5 Å². The molecule has 1 heterocycles. The predicted octanol–water partition coefficient (Wildman–Crippen LogP) is 0.587. The number of rotatable bonds is 3. The van der Waals surface area contributed by atoms with Gasteiger partial charge < -0.3 is 10.4 Å². The van der Waals surface area contributed by atoms with E-state index in [0.717, 1.165) is 5.56 Å². The van der Waals surface area contributed by atoms with E-state index in [1.807, 2.05) is 12.1 Å². The molecular weight excluding hydrogens is 262 g/mol. The van der Waals surface area contributed by atoms with Gasteiger partial charge in [0.2, 0.25) is 0 Å². The van der Waals surface area contributed by atoms with Crippen LogP contribution >= 0.6 is 11.6 Å². The van der Waals surface area contributed by atoms with Gasteiger partial charge in [0.15, 0.2) is 9.84 Å². The number of hydrogen-bond acceptors (Lipinski definition) is 4. The van der Waals surface area contributed by atoms with Crippen molar-refractivity contribution in [3.63, 3.8) is 0 Å². The molecule has 17 heavy (non-hydrogen) atoms. The molecule has 0 bridgehead atoms. The van der Waals surface area contributed by atoms with Gasteiger partial charge in [-0.25, -0.2) is 8.42 Å². The van der Waals surface area contributed by atoms with Gasteiger partial charge in [-0.1, -0.05) is 23.7 Å². The molecule has 2 rings (SSSR count). The highest BCUT2D eigenvalue weighted by Crippen LogP contribution is 2.14. The molecule has 0 aliphatic carbocycles. The molecule has 2 atom stereocenters. The Morgan fingerprint density at radius 3 is 2.47 bits per heavy atom. The fraction of sp³-hybridized carbons (Fsp3) is 0.455. The first-order valence-corrected chi connectivity index (χ1v) is 7.52. The van der Waals surface area contributed by atoms with Crippen molar-refractivity contribution in [2.45, 2.75) is 18.7 Å². The Labute approximate surface area is 106 Å². The van der Waals surface area contributed by atoms with Crippen molar-refractivity contribution in [1.29, 1.82) is 0 Å². The molecule has 0 spiro atoms. The summed E-state index contributed by atoms with van der Waals surface area (Å²) in [5, 5.41) is 13.3. The largest absolute Gasteiger partial charge is 0.390 e. The SMILES string of the molecule is O=S1(=O)C[C@@H](O)[C@H](NCc2ccc(Cl)cc2)C1. The minimum absolute atomic E-state index is 0.00174. The molecule has 94 valence electrons. The minimum Gasteiger partial charge on any atom is -0.390 e. The Bertz CT molecular complexity index is 486. The van der Waals surface area contributed by atoms with Crippen molar-refractivity contribution in [3.05, 3.63) is 34.9 Å². The third kappa shape index (κ3) is 3.42. The summed E-state index contributed by atoms with van der Waals surface area (Å²) < 4.78 is 22.6. The van der Waals surface area contributed by atoms with Gasteiger partial charge in [-0.2, -0.15) is 0 Å². The second-order valence-corrected chi connectivity index (χ2v) is 6.85. The predicted molar refractivity (Wildman–Crippen MR) is 66.7 cm³/mol. The zero-order valence-electron chi connectivity index (χ0n) is 9.14. The molecule has 0 amide bonds. The van der Waals surface area contributed by atoms with Crippen LogP contribution in [0, 0.1) is 0 Å². The summed E-state index contributed by atoms with van der Waals surface area (Å²) in [5.74, 6) is -0.146. The summed E-state index contributed by atoms with van der Waals surface area (Å²) in [5.41, 5.74) is 1.01. The quantitative estimate of drug-likeness (QED) is 0.847. The lowest BCUT2D eigenvalue weighted by Crippen LogP contribution is -2.38. The van der Waals surface area contributed by atoms with Crippen molar-refractivity contribution < 1.29 is 13.5 Å². The fourth-order valence-corrected chi connectivity index (χ4v) is 3.78. The Kier molecular flexibility index (Phi) is 3.73. The average molecular weight is 276 g/mol. The highest BCUT2D eigenvalue weighted by molar-refractivity contribution is 7.91. The number of aliphatic hydroxyl groups is 1. The number of benzene rings is 1. The van der Waals surface area contributed by atoms with E-state index in [2.05, 4.69) is 5.32 Å². The Hall–Kier alpha value is -0.620. The van der Waals surface area contributed by atoms with Crippen molar-refractivity contribution in [1.82, 2.24) is 5.32 Å². The average Bonchev–Trinajstić information content (AvgIpc) is 2.51. The Morgan fingerprint density at radius 1 is 1.29 bits per heavy atom. The second-order valence-electron chi connectivity index (χ2n) is 4.26. The zero-order valence-corrected chi connectivity index (χ0v) is 10.7. The van der Waals surface area contributed by atoms with Crippen LogP contribution in [-0.2, 0) is 16.4 Å². The first-order valence-electron chi connectivity index (χ1n) is 5.32. The van der Waals surface area contributed by atoms with Crippen LogP contribution in [-0.4, -0.2) is 37.2 Å². The van der Waals surface area contributed by atoms with Crippen LogP contribution in [0.15, 0.2) is 24.3 Å². The van der Waals surface area contributed by atoms with Crippen LogP contribution in [0.3, 0.4) is 0 Å². The van der Waals surface area contributed by atoms with Crippen LogP contribution in [0.1, 0.15) is 5.56 Å². The van der Waals surface area contributed by atoms with Gasteiger partial charge in [-0.3, -0.25) is 0 Å². The van der Waals surface area contributed by atoms with Gasteiger partial charge in [0, 0.05) is 17.6 Å². The molecule has 0 radical (unpaired) electrons. The number of halogens is 1. The maximum atomic E-state index is 11.3. The third-order valence-electron chi connectivity index (χ3n) is 2.80. The number of hydrogen-bond donors (Lipinski definition) is 2. The number of nitrogens with one attached hydrogen (secondary N) is 1. The summed E-state index contributed by atoms with van der Waals surface area (Å²) in [6, 6.07) is 6.91. The van der Waals surface area contributed by atoms with Crippen molar-refractivity contribution in [3.8, 4) is 0 Å². The van der Waals surface area contributed by atoms with Crippen molar-refractivity contribution in [2.24, 2.45) is 0 Å². The highest BCUT2D eigenvalue weighted by Gasteiger charge is 2.35. The molecule has 1 aromatic rings. The fourth-order valence-electron chi connectivity index (χ4n) is 1.88. The topological polar surface area (TPSA) is 66.4 Å². The van der Waals surface area contributed by atoms with E-state index in [1.54, 1.807) is 12.1 Å². The molecule has 1 aliphatic heterocycles. The van der Waals surface area contributed by atoms with Crippen LogP contribution in [0.25, 0.3) is 0 Å². The first-order chi connectivity index (χ1) is 7.96. The summed E-state index contributed by atoms with van der Waals surface area (Å²) >= 11 is 5.76. The third-order valence-corrected chi connectivity index (χ3v) is 4.77. The maximum absolute atomic E-state index is 11.3. The smallest absolute Gasteiger partial charge is 0.154 e. The van der Waals surface area contributed by atoms with Crippen LogP contribution < -0.4 is 5.32 Å². The summed E-state index contributed by atoms with van der Waals surface area (Å²) in [7, 11) is -3.09. The summed E-state index contributed by atoms with van der Waals surface area (Å²) in [6.07, 6.45) is -0.813. The highest BCUT2D eigenvalue weighted by atomic mass is 35.5. The lowest BCUT2D eigenvalue weighted by molar-refractivity contribution is 0.165. The van der Waals surface area contributed by atoms with Gasteiger partial charge >= 0.3 is 0 Å². The molecule has 6 heteroatoms. The second kappa shape index (κ2) is 4.94. The molecular formula is C11H14ClNO3S. The number of aliphatic hydroxyl groups excluding tert-OH is 1. The normalized spacial score (nSPS) is 27.2. The van der Waals surface area contributed by atoms with Crippen molar-refractivity contribution in [2.75, 3.05) is 11.5 Å². The first kappa shape index (κ1) is 12.8. The maximum Gasteiger partial charge on any atom is 0.154 e. The minimum atomic E-state index is -3.09. The van der Waals surface area contributed by atoms with E-state index >= 15 is 0 Å². The lowest BCUT2D eigenvalue weighted by Gasteiger charge is -2.14. The molecule has 2 N–H and O–H groups in total. The monoisotopic (exact) mass is 275 g/mol. The van der Waals surface area contributed by atoms with E-state index in [4.69, 9.17) is 11.6 Å². The van der Waals surface area contributed by atoms with Crippen LogP contribution in [0.5, 0.6) is 0 Å². The molecule has 1 aliphatic rings. The molecule has 0 unspecified atom stereocenters. The van der Waals surface area contributed by atoms with E-state index < -0.39 is 15.9 Å². The van der Waals surface area contributed by atoms with Gasteiger partial charge in [0.25, 0.3) is 0 Å². The lowest BCUT2D eigenvalue weighted by atomic mass is 10.2. The van der Waals surface area contributed by atoms with E-state index in [-0.39, 0.29) is 17.5 Å². The molecule has 0 saturated carbocycles. The summed E-state index contributed by atoms with van der Waals surface area (Å²) in [4.78, 5) is 0. The summed E-state index contributed by atoms with van der Waals surface area (Å²) in [6.45, 7) is 0.522. The Balaban J connectivity index is 1.93. The van der Waals surface area contributed by atoms with E-state index in [0.29, 0.717) is 11.6 Å². The van der Waals surface area contributed by atoms with Crippen LogP contribution in [0.2, 0.25) is 5.02 Å². The van der Waals surface area contributed by atoms with Gasteiger partial charge in [-0.15, -0.1) is 0 Å². The molecule has 1 fully saturated rings. The molecule has 4 nitrogen and oxygen atoms in total. The molecule has 1 saturated heterocycles. The van der Waals surface area contributed by atoms with Crippen LogP contribution in [0.4, 0.5) is 0 Å². The molecule has 1 aromatic carbocycles. The van der Waals surface area contributed by atoms with Gasteiger partial charge in [-0.05, 0) is 17.7 Å².